The van der Waals surface area contributed by atoms with E-state index in [9.17, 15) is 4.79 Å². The average molecular weight is 369 g/mol. The number of benzene rings is 1. The van der Waals surface area contributed by atoms with Gasteiger partial charge in [-0.05, 0) is 62.6 Å². The maximum absolute atomic E-state index is 12.3. The van der Waals surface area contributed by atoms with Crippen LogP contribution in [-0.2, 0) is 6.42 Å². The van der Waals surface area contributed by atoms with Crippen molar-refractivity contribution in [1.82, 2.24) is 10.3 Å². The van der Waals surface area contributed by atoms with E-state index >= 15 is 0 Å². The Morgan fingerprint density at radius 2 is 1.93 bits per heavy atom. The molecule has 0 spiro atoms. The zero-order chi connectivity index (χ0) is 19.6. The highest BCUT2D eigenvalue weighted by Crippen LogP contribution is 2.39. The van der Waals surface area contributed by atoms with E-state index in [0.29, 0.717) is 5.69 Å². The van der Waals surface area contributed by atoms with Gasteiger partial charge in [0.2, 0.25) is 0 Å². The number of ether oxygens (including phenoxy) is 2. The summed E-state index contributed by atoms with van der Waals surface area (Å²) < 4.78 is 10.9. The second-order valence-corrected chi connectivity index (χ2v) is 7.05. The summed E-state index contributed by atoms with van der Waals surface area (Å²) in [5.41, 5.74) is 3.91. The maximum Gasteiger partial charge on any atom is 0.270 e. The lowest BCUT2D eigenvalue weighted by Gasteiger charge is -2.37. The zero-order valence-electron chi connectivity index (χ0n) is 16.6. The quantitative estimate of drug-likeness (QED) is 0.876. The van der Waals surface area contributed by atoms with Gasteiger partial charge in [-0.3, -0.25) is 9.78 Å². The van der Waals surface area contributed by atoms with Crippen LogP contribution < -0.4 is 19.7 Å². The van der Waals surface area contributed by atoms with Crippen LogP contribution in [0, 0.1) is 0 Å². The largest absolute Gasteiger partial charge is 0.493 e. The van der Waals surface area contributed by atoms with E-state index in [-0.39, 0.29) is 18.0 Å². The molecule has 0 saturated heterocycles. The topological polar surface area (TPSA) is 63.7 Å². The standard InChI is InChI=1S/C21H27N3O3/c1-13(2)23-21(25)18-11-16(6-8-22-18)24-9-7-15-10-19(26-4)20(27-5)12-17(15)14(24)3/h6,8,10-14H,7,9H2,1-5H3,(H,23,25). The van der Waals surface area contributed by atoms with Gasteiger partial charge in [0.1, 0.15) is 5.69 Å². The van der Waals surface area contributed by atoms with Gasteiger partial charge >= 0.3 is 0 Å². The van der Waals surface area contributed by atoms with Crippen LogP contribution in [0.1, 0.15) is 48.4 Å². The molecule has 27 heavy (non-hydrogen) atoms. The number of pyridine rings is 1. The highest BCUT2D eigenvalue weighted by molar-refractivity contribution is 5.93. The lowest BCUT2D eigenvalue weighted by molar-refractivity contribution is 0.0938. The molecule has 1 aliphatic rings. The molecule has 144 valence electrons. The molecule has 6 heteroatoms. The third-order valence-electron chi connectivity index (χ3n) is 4.91. The molecule has 1 atom stereocenters. The summed E-state index contributed by atoms with van der Waals surface area (Å²) >= 11 is 0. The SMILES string of the molecule is COc1cc2c(cc1OC)C(C)N(c1ccnc(C(=O)NC(C)C)c1)CC2. The molecule has 1 aromatic carbocycles. The van der Waals surface area contributed by atoms with E-state index in [1.165, 1.54) is 11.1 Å². The highest BCUT2D eigenvalue weighted by atomic mass is 16.5. The van der Waals surface area contributed by atoms with Crippen LogP contribution in [0.2, 0.25) is 0 Å². The Balaban J connectivity index is 1.91. The van der Waals surface area contributed by atoms with Gasteiger partial charge in [0, 0.05) is 24.5 Å². The van der Waals surface area contributed by atoms with E-state index in [2.05, 4.69) is 34.3 Å². The molecule has 1 N–H and O–H groups in total. The second kappa shape index (κ2) is 7.86. The van der Waals surface area contributed by atoms with Crippen molar-refractivity contribution in [3.63, 3.8) is 0 Å². The maximum atomic E-state index is 12.3. The van der Waals surface area contributed by atoms with Crippen LogP contribution in [-0.4, -0.2) is 37.7 Å². The first-order valence-electron chi connectivity index (χ1n) is 9.23. The molecule has 2 aromatic rings. The number of methoxy groups -OCH3 is 2. The van der Waals surface area contributed by atoms with Crippen molar-refractivity contribution in [1.29, 1.82) is 0 Å². The van der Waals surface area contributed by atoms with Gasteiger partial charge in [0.05, 0.1) is 20.3 Å². The summed E-state index contributed by atoms with van der Waals surface area (Å²) in [5, 5.41) is 2.89. The first kappa shape index (κ1) is 19.0. The van der Waals surface area contributed by atoms with E-state index < -0.39 is 0 Å². The summed E-state index contributed by atoms with van der Waals surface area (Å²) in [6.07, 6.45) is 2.59. The van der Waals surface area contributed by atoms with Crippen LogP contribution in [0.4, 0.5) is 5.69 Å². The van der Waals surface area contributed by atoms with Crippen molar-refractivity contribution in [2.45, 2.75) is 39.3 Å². The molecule has 0 radical (unpaired) electrons. The number of anilines is 1. The first-order chi connectivity index (χ1) is 12.9. The number of hydrogen-bond acceptors (Lipinski definition) is 5. The number of hydrogen-bond donors (Lipinski definition) is 1. The molecule has 1 amide bonds. The van der Waals surface area contributed by atoms with Gasteiger partial charge in [-0.15, -0.1) is 0 Å². The molecule has 0 fully saturated rings. The number of carbonyl (C=O) groups excluding carboxylic acids is 1. The lowest BCUT2D eigenvalue weighted by atomic mass is 9.92. The molecular formula is C21H27N3O3. The van der Waals surface area contributed by atoms with Crippen molar-refractivity contribution < 1.29 is 14.3 Å². The molecule has 6 nitrogen and oxygen atoms in total. The normalized spacial score (nSPS) is 16.1. The van der Waals surface area contributed by atoms with Gasteiger partial charge in [-0.1, -0.05) is 0 Å². The van der Waals surface area contributed by atoms with Crippen LogP contribution in [0.5, 0.6) is 11.5 Å². The minimum Gasteiger partial charge on any atom is -0.493 e. The van der Waals surface area contributed by atoms with Crippen molar-refractivity contribution in [2.75, 3.05) is 25.7 Å². The van der Waals surface area contributed by atoms with Gasteiger partial charge < -0.3 is 19.7 Å². The Morgan fingerprint density at radius 3 is 2.59 bits per heavy atom. The zero-order valence-corrected chi connectivity index (χ0v) is 16.6. The lowest BCUT2D eigenvalue weighted by Crippen LogP contribution is -2.35. The number of nitrogens with one attached hydrogen (secondary N) is 1. The summed E-state index contributed by atoms with van der Waals surface area (Å²) in [7, 11) is 3.31. The number of amides is 1. The third kappa shape index (κ3) is 3.84. The highest BCUT2D eigenvalue weighted by Gasteiger charge is 2.26. The fourth-order valence-corrected chi connectivity index (χ4v) is 3.56. The molecule has 2 heterocycles. The van der Waals surface area contributed by atoms with Gasteiger partial charge in [-0.2, -0.15) is 0 Å². The summed E-state index contributed by atoms with van der Waals surface area (Å²) in [6.45, 7) is 6.90. The molecule has 3 rings (SSSR count). The number of fused-ring (bicyclic) bond motifs is 1. The number of aromatic nitrogens is 1. The minimum absolute atomic E-state index is 0.0752. The fraction of sp³-hybridized carbons (Fsp3) is 0.429. The van der Waals surface area contributed by atoms with E-state index in [4.69, 9.17) is 9.47 Å². The Bertz CT molecular complexity index is 835. The summed E-state index contributed by atoms with van der Waals surface area (Å²) in [5.74, 6) is 1.34. The van der Waals surface area contributed by atoms with Gasteiger partial charge in [0.15, 0.2) is 11.5 Å². The Labute approximate surface area is 160 Å². The Morgan fingerprint density at radius 1 is 1.22 bits per heavy atom. The number of rotatable bonds is 5. The molecule has 0 aliphatic carbocycles. The van der Waals surface area contributed by atoms with Crippen molar-refractivity contribution in [3.05, 3.63) is 47.3 Å². The van der Waals surface area contributed by atoms with E-state index in [1.807, 2.05) is 26.0 Å². The molecule has 1 unspecified atom stereocenters. The van der Waals surface area contributed by atoms with E-state index in [1.54, 1.807) is 20.4 Å². The van der Waals surface area contributed by atoms with Gasteiger partial charge in [-0.25, -0.2) is 0 Å². The molecular weight excluding hydrogens is 342 g/mol. The predicted molar refractivity (Wildman–Crippen MR) is 106 cm³/mol. The van der Waals surface area contributed by atoms with E-state index in [0.717, 1.165) is 30.2 Å². The van der Waals surface area contributed by atoms with Crippen LogP contribution >= 0.6 is 0 Å². The molecule has 0 bridgehead atoms. The van der Waals surface area contributed by atoms with Crippen molar-refractivity contribution >= 4 is 11.6 Å². The first-order valence-corrected chi connectivity index (χ1v) is 9.23. The molecule has 0 saturated carbocycles. The van der Waals surface area contributed by atoms with Gasteiger partial charge in [0.25, 0.3) is 5.91 Å². The Kier molecular flexibility index (Phi) is 5.54. The third-order valence-corrected chi connectivity index (χ3v) is 4.91. The minimum atomic E-state index is -0.150. The number of nitrogens with zero attached hydrogens (tertiary/aromatic N) is 2. The van der Waals surface area contributed by atoms with Crippen molar-refractivity contribution in [3.8, 4) is 11.5 Å². The van der Waals surface area contributed by atoms with Crippen LogP contribution in [0.15, 0.2) is 30.5 Å². The molecule has 1 aromatic heterocycles. The average Bonchev–Trinajstić information content (AvgIpc) is 2.67. The smallest absolute Gasteiger partial charge is 0.270 e. The summed E-state index contributed by atoms with van der Waals surface area (Å²) in [6, 6.07) is 8.16. The Hall–Kier alpha value is -2.76. The molecule has 1 aliphatic heterocycles. The van der Waals surface area contributed by atoms with Crippen LogP contribution in [0.25, 0.3) is 0 Å². The summed E-state index contributed by atoms with van der Waals surface area (Å²) in [4.78, 5) is 18.8. The monoisotopic (exact) mass is 369 g/mol. The van der Waals surface area contributed by atoms with Crippen LogP contribution in [0.3, 0.4) is 0 Å². The van der Waals surface area contributed by atoms with Crippen molar-refractivity contribution in [2.24, 2.45) is 0 Å². The fourth-order valence-electron chi connectivity index (χ4n) is 3.56. The predicted octanol–water partition coefficient (Wildman–Crippen LogP) is 3.36. The second-order valence-electron chi connectivity index (χ2n) is 7.05. The number of carbonyl (C=O) groups is 1.